The molecule has 2 aromatic heterocycles. The van der Waals surface area contributed by atoms with E-state index in [2.05, 4.69) is 6.07 Å². The van der Waals surface area contributed by atoms with Crippen LogP contribution in [0.2, 0.25) is 0 Å². The zero-order valence-corrected chi connectivity index (χ0v) is 15.3. The summed E-state index contributed by atoms with van der Waals surface area (Å²) in [5, 5.41) is 2.04. The number of aryl methyl sites for hydroxylation is 1. The zero-order valence-electron chi connectivity index (χ0n) is 14.5. The maximum atomic E-state index is 13.2. The standard InChI is InChI=1S/C20H22N2O2S/c1-3-24-19-11-5-4-10-18(19)20(23)22(15-17-9-7-13-25-17)14-16-8-6-12-21(16)2/h4-13H,3,14-15H2,1-2H3. The van der Waals surface area contributed by atoms with Crippen LogP contribution >= 0.6 is 11.3 Å². The maximum absolute atomic E-state index is 13.2. The van der Waals surface area contributed by atoms with E-state index in [0.29, 0.717) is 31.0 Å². The van der Waals surface area contributed by atoms with E-state index in [-0.39, 0.29) is 5.91 Å². The molecule has 0 atom stereocenters. The summed E-state index contributed by atoms with van der Waals surface area (Å²) in [6.45, 7) is 3.60. The number of thiophene rings is 1. The van der Waals surface area contributed by atoms with E-state index < -0.39 is 0 Å². The van der Waals surface area contributed by atoms with Gasteiger partial charge in [-0.1, -0.05) is 18.2 Å². The topological polar surface area (TPSA) is 34.5 Å². The molecule has 4 nitrogen and oxygen atoms in total. The Morgan fingerprint density at radius 2 is 1.96 bits per heavy atom. The van der Waals surface area contributed by atoms with Gasteiger partial charge in [-0.2, -0.15) is 0 Å². The van der Waals surface area contributed by atoms with Crippen molar-refractivity contribution in [1.82, 2.24) is 9.47 Å². The minimum Gasteiger partial charge on any atom is -0.493 e. The number of hydrogen-bond acceptors (Lipinski definition) is 3. The van der Waals surface area contributed by atoms with Gasteiger partial charge in [-0.3, -0.25) is 4.79 Å². The lowest BCUT2D eigenvalue weighted by atomic mass is 10.1. The number of rotatable bonds is 7. The Balaban J connectivity index is 1.90. The minimum absolute atomic E-state index is 0.0151. The van der Waals surface area contributed by atoms with Crippen LogP contribution in [0.4, 0.5) is 0 Å². The summed E-state index contributed by atoms with van der Waals surface area (Å²) in [5.74, 6) is 0.622. The molecular weight excluding hydrogens is 332 g/mol. The van der Waals surface area contributed by atoms with Gasteiger partial charge in [-0.15, -0.1) is 11.3 Å². The molecule has 1 amide bonds. The fourth-order valence-corrected chi connectivity index (χ4v) is 3.46. The summed E-state index contributed by atoms with van der Waals surface area (Å²) in [4.78, 5) is 16.3. The Kier molecular flexibility index (Phi) is 5.56. The molecule has 0 fully saturated rings. The second-order valence-corrected chi connectivity index (χ2v) is 6.81. The summed E-state index contributed by atoms with van der Waals surface area (Å²) >= 11 is 1.66. The van der Waals surface area contributed by atoms with Crippen LogP contribution in [0.3, 0.4) is 0 Å². The Morgan fingerprint density at radius 3 is 2.64 bits per heavy atom. The Morgan fingerprint density at radius 1 is 1.12 bits per heavy atom. The summed E-state index contributed by atoms with van der Waals surface area (Å²) in [6.07, 6.45) is 2.00. The summed E-state index contributed by atoms with van der Waals surface area (Å²) in [5.41, 5.74) is 1.70. The molecule has 0 bridgehead atoms. The highest BCUT2D eigenvalue weighted by Gasteiger charge is 2.21. The molecule has 0 radical (unpaired) electrons. The molecule has 3 aromatic rings. The first-order valence-corrected chi connectivity index (χ1v) is 9.20. The average molecular weight is 354 g/mol. The van der Waals surface area contributed by atoms with Crippen LogP contribution in [0.15, 0.2) is 60.1 Å². The van der Waals surface area contributed by atoms with Crippen molar-refractivity contribution in [3.8, 4) is 5.75 Å². The van der Waals surface area contributed by atoms with E-state index in [4.69, 9.17) is 4.74 Å². The van der Waals surface area contributed by atoms with Gasteiger partial charge >= 0.3 is 0 Å². The molecule has 0 N–H and O–H groups in total. The van der Waals surface area contributed by atoms with Gasteiger partial charge in [-0.25, -0.2) is 0 Å². The molecular formula is C20H22N2O2S. The van der Waals surface area contributed by atoms with Crippen LogP contribution in [-0.2, 0) is 20.1 Å². The quantitative estimate of drug-likeness (QED) is 0.633. The fraction of sp³-hybridized carbons (Fsp3) is 0.250. The highest BCUT2D eigenvalue weighted by atomic mass is 32.1. The van der Waals surface area contributed by atoms with Gasteiger partial charge < -0.3 is 14.2 Å². The van der Waals surface area contributed by atoms with Gasteiger partial charge in [0, 0.05) is 23.8 Å². The molecule has 0 saturated heterocycles. The largest absolute Gasteiger partial charge is 0.493 e. The molecule has 0 unspecified atom stereocenters. The maximum Gasteiger partial charge on any atom is 0.258 e. The molecule has 0 spiro atoms. The molecule has 0 aliphatic carbocycles. The van der Waals surface area contributed by atoms with E-state index >= 15 is 0 Å². The van der Waals surface area contributed by atoms with Gasteiger partial charge in [0.2, 0.25) is 0 Å². The third kappa shape index (κ3) is 4.12. The van der Waals surface area contributed by atoms with Crippen molar-refractivity contribution >= 4 is 17.2 Å². The molecule has 25 heavy (non-hydrogen) atoms. The van der Waals surface area contributed by atoms with Crippen molar-refractivity contribution in [3.05, 3.63) is 76.2 Å². The summed E-state index contributed by atoms with van der Waals surface area (Å²) in [6, 6.07) is 15.6. The molecule has 5 heteroatoms. The van der Waals surface area contributed by atoms with E-state index in [1.807, 2.05) is 77.5 Å². The van der Waals surface area contributed by atoms with E-state index in [0.717, 1.165) is 10.6 Å². The fourth-order valence-electron chi connectivity index (χ4n) is 2.74. The van der Waals surface area contributed by atoms with Gasteiger partial charge in [-0.05, 0) is 42.6 Å². The highest BCUT2D eigenvalue weighted by molar-refractivity contribution is 7.09. The number of para-hydroxylation sites is 1. The molecule has 3 rings (SSSR count). The number of hydrogen-bond donors (Lipinski definition) is 0. The summed E-state index contributed by atoms with van der Waals surface area (Å²) < 4.78 is 7.70. The Bertz CT molecular complexity index is 824. The first kappa shape index (κ1) is 17.3. The average Bonchev–Trinajstić information content (AvgIpc) is 3.27. The van der Waals surface area contributed by atoms with E-state index in [1.165, 1.54) is 0 Å². The third-order valence-corrected chi connectivity index (χ3v) is 4.90. The van der Waals surface area contributed by atoms with Gasteiger partial charge in [0.15, 0.2) is 0 Å². The molecule has 0 aliphatic rings. The molecule has 0 saturated carbocycles. The number of carbonyl (C=O) groups is 1. The van der Waals surface area contributed by atoms with E-state index in [9.17, 15) is 4.79 Å². The number of ether oxygens (including phenoxy) is 1. The van der Waals surface area contributed by atoms with Crippen molar-refractivity contribution in [2.45, 2.75) is 20.0 Å². The lowest BCUT2D eigenvalue weighted by Crippen LogP contribution is -2.31. The molecule has 1 aromatic carbocycles. The highest BCUT2D eigenvalue weighted by Crippen LogP contribution is 2.23. The van der Waals surface area contributed by atoms with Crippen LogP contribution in [0.5, 0.6) is 5.75 Å². The van der Waals surface area contributed by atoms with Crippen molar-refractivity contribution in [2.75, 3.05) is 6.61 Å². The smallest absolute Gasteiger partial charge is 0.258 e. The first-order valence-electron chi connectivity index (χ1n) is 8.32. The Labute approximate surface area is 152 Å². The number of benzene rings is 1. The lowest BCUT2D eigenvalue weighted by molar-refractivity contribution is 0.0724. The van der Waals surface area contributed by atoms with Crippen molar-refractivity contribution in [1.29, 1.82) is 0 Å². The van der Waals surface area contributed by atoms with Crippen LogP contribution in [0.25, 0.3) is 0 Å². The molecule has 0 aliphatic heterocycles. The van der Waals surface area contributed by atoms with Crippen molar-refractivity contribution in [2.24, 2.45) is 7.05 Å². The Hall–Kier alpha value is -2.53. The summed E-state index contributed by atoms with van der Waals surface area (Å²) in [7, 11) is 2.00. The van der Waals surface area contributed by atoms with Crippen molar-refractivity contribution < 1.29 is 9.53 Å². The third-order valence-electron chi connectivity index (χ3n) is 4.04. The normalized spacial score (nSPS) is 10.6. The van der Waals surface area contributed by atoms with E-state index in [1.54, 1.807) is 11.3 Å². The minimum atomic E-state index is -0.0151. The van der Waals surface area contributed by atoms with Crippen LogP contribution < -0.4 is 4.74 Å². The van der Waals surface area contributed by atoms with Gasteiger partial charge in [0.1, 0.15) is 5.75 Å². The predicted molar refractivity (Wildman–Crippen MR) is 101 cm³/mol. The first-order chi connectivity index (χ1) is 12.2. The van der Waals surface area contributed by atoms with Crippen molar-refractivity contribution in [3.63, 3.8) is 0 Å². The molecule has 2 heterocycles. The molecule has 130 valence electrons. The van der Waals surface area contributed by atoms with Gasteiger partial charge in [0.25, 0.3) is 5.91 Å². The number of nitrogens with zero attached hydrogens (tertiary/aromatic N) is 2. The second kappa shape index (κ2) is 8.03. The van der Waals surface area contributed by atoms with Gasteiger partial charge in [0.05, 0.1) is 25.3 Å². The lowest BCUT2D eigenvalue weighted by Gasteiger charge is -2.23. The SMILES string of the molecule is CCOc1ccccc1C(=O)N(Cc1cccs1)Cc1cccn1C. The number of aromatic nitrogens is 1. The number of amides is 1. The number of carbonyl (C=O) groups excluding carboxylic acids is 1. The second-order valence-electron chi connectivity index (χ2n) is 5.78. The van der Waals surface area contributed by atoms with Crippen LogP contribution in [-0.4, -0.2) is 22.0 Å². The van der Waals surface area contributed by atoms with Crippen LogP contribution in [0, 0.1) is 0 Å². The zero-order chi connectivity index (χ0) is 17.6. The predicted octanol–water partition coefficient (Wildman–Crippen LogP) is 4.33. The monoisotopic (exact) mass is 354 g/mol. The van der Waals surface area contributed by atoms with Crippen LogP contribution in [0.1, 0.15) is 27.9 Å².